The summed E-state index contributed by atoms with van der Waals surface area (Å²) in [5.41, 5.74) is 0.901. The van der Waals surface area contributed by atoms with Gasteiger partial charge in [0.15, 0.2) is 11.5 Å². The molecule has 1 aromatic carbocycles. The topological polar surface area (TPSA) is 38.7 Å². The van der Waals surface area contributed by atoms with Crippen molar-refractivity contribution in [1.29, 1.82) is 0 Å². The summed E-state index contributed by atoms with van der Waals surface area (Å²) in [7, 11) is 0. The Kier molecular flexibility index (Phi) is 3.96. The lowest BCUT2D eigenvalue weighted by Crippen LogP contribution is -2.15. The van der Waals surface area contributed by atoms with Gasteiger partial charge in [-0.3, -0.25) is 0 Å². The zero-order valence-electron chi connectivity index (χ0n) is 9.31. The maximum atomic E-state index is 9.94. The Balaban J connectivity index is 2.10. The average molecular weight is 240 g/mol. The van der Waals surface area contributed by atoms with E-state index in [0.29, 0.717) is 13.2 Å². The zero-order valence-corrected chi connectivity index (χ0v) is 10.1. The average Bonchev–Trinajstić information content (AvgIpc) is 2.35. The summed E-state index contributed by atoms with van der Waals surface area (Å²) in [6, 6.07) is 5.64. The Hall–Kier alpha value is -0.870. The quantitative estimate of drug-likeness (QED) is 0.876. The first-order valence-electron chi connectivity index (χ1n) is 5.38. The lowest BCUT2D eigenvalue weighted by Gasteiger charge is -2.20. The first kappa shape index (κ1) is 11.6. The summed E-state index contributed by atoms with van der Waals surface area (Å²) in [5, 5.41) is 9.94. The molecule has 0 aromatic heterocycles. The van der Waals surface area contributed by atoms with Gasteiger partial charge in [0.2, 0.25) is 0 Å². The molecule has 0 aliphatic carbocycles. The highest BCUT2D eigenvalue weighted by Gasteiger charge is 2.14. The Morgan fingerprint density at radius 1 is 1.31 bits per heavy atom. The van der Waals surface area contributed by atoms with Crippen LogP contribution in [-0.4, -0.2) is 30.3 Å². The summed E-state index contributed by atoms with van der Waals surface area (Å²) in [6.45, 7) is 1.18. The fourth-order valence-corrected chi connectivity index (χ4v) is 2.12. The lowest BCUT2D eigenvalue weighted by molar-refractivity contribution is 0.163. The van der Waals surface area contributed by atoms with Crippen molar-refractivity contribution < 1.29 is 14.6 Å². The first-order chi connectivity index (χ1) is 7.81. The highest BCUT2D eigenvalue weighted by atomic mass is 32.2. The Morgan fingerprint density at radius 3 is 2.81 bits per heavy atom. The highest BCUT2D eigenvalue weighted by molar-refractivity contribution is 7.98. The maximum absolute atomic E-state index is 9.94. The molecule has 1 aliphatic heterocycles. The molecule has 0 spiro atoms. The van der Waals surface area contributed by atoms with Crippen LogP contribution in [0.25, 0.3) is 0 Å². The SMILES string of the molecule is CSCCC(O)c1ccc2c(c1)OCCO2. The van der Waals surface area contributed by atoms with Gasteiger partial charge in [0.05, 0.1) is 6.10 Å². The number of ether oxygens (including phenoxy) is 2. The van der Waals surface area contributed by atoms with Crippen molar-refractivity contribution in [2.75, 3.05) is 25.2 Å². The van der Waals surface area contributed by atoms with E-state index in [0.717, 1.165) is 29.2 Å². The van der Waals surface area contributed by atoms with Gasteiger partial charge in [-0.25, -0.2) is 0 Å². The van der Waals surface area contributed by atoms with E-state index < -0.39 is 6.10 Å². The molecule has 0 saturated heterocycles. The summed E-state index contributed by atoms with van der Waals surface area (Å²) in [5.74, 6) is 2.47. The Labute approximate surface area is 99.8 Å². The predicted octanol–water partition coefficient (Wildman–Crippen LogP) is 2.24. The van der Waals surface area contributed by atoms with Crippen LogP contribution in [0.1, 0.15) is 18.1 Å². The van der Waals surface area contributed by atoms with Crippen LogP contribution < -0.4 is 9.47 Å². The number of thioether (sulfide) groups is 1. The van der Waals surface area contributed by atoms with Gasteiger partial charge in [-0.05, 0) is 36.1 Å². The van der Waals surface area contributed by atoms with Gasteiger partial charge in [-0.15, -0.1) is 0 Å². The Bertz CT molecular complexity index is 354. The minimum absolute atomic E-state index is 0.414. The van der Waals surface area contributed by atoms with Crippen LogP contribution in [0.3, 0.4) is 0 Å². The number of aliphatic hydroxyl groups excluding tert-OH is 1. The summed E-state index contributed by atoms with van der Waals surface area (Å²) >= 11 is 1.74. The monoisotopic (exact) mass is 240 g/mol. The van der Waals surface area contributed by atoms with Crippen molar-refractivity contribution in [3.05, 3.63) is 23.8 Å². The standard InChI is InChI=1S/C12H16O3S/c1-16-7-4-10(13)9-2-3-11-12(8-9)15-6-5-14-11/h2-3,8,10,13H,4-7H2,1H3. The second-order valence-corrected chi connectivity index (χ2v) is 4.69. The molecule has 16 heavy (non-hydrogen) atoms. The molecule has 0 radical (unpaired) electrons. The first-order valence-corrected chi connectivity index (χ1v) is 6.77. The van der Waals surface area contributed by atoms with Crippen LogP contribution in [0.15, 0.2) is 18.2 Å². The molecule has 4 heteroatoms. The molecule has 0 bridgehead atoms. The molecule has 2 rings (SSSR count). The molecule has 0 amide bonds. The van der Waals surface area contributed by atoms with E-state index in [1.54, 1.807) is 11.8 Å². The van der Waals surface area contributed by atoms with Crippen LogP contribution in [0.5, 0.6) is 11.5 Å². The van der Waals surface area contributed by atoms with Gasteiger partial charge in [0.25, 0.3) is 0 Å². The van der Waals surface area contributed by atoms with Gasteiger partial charge in [-0.1, -0.05) is 6.07 Å². The number of fused-ring (bicyclic) bond motifs is 1. The summed E-state index contributed by atoms with van der Waals surface area (Å²) < 4.78 is 10.9. The number of hydrogen-bond acceptors (Lipinski definition) is 4. The van der Waals surface area contributed by atoms with Crippen LogP contribution in [0, 0.1) is 0 Å². The van der Waals surface area contributed by atoms with E-state index in [1.807, 2.05) is 24.5 Å². The van der Waals surface area contributed by atoms with Crippen LogP contribution in [-0.2, 0) is 0 Å². The van der Waals surface area contributed by atoms with Crippen molar-refractivity contribution in [2.24, 2.45) is 0 Å². The molecule has 3 nitrogen and oxygen atoms in total. The number of aliphatic hydroxyl groups is 1. The van der Waals surface area contributed by atoms with Crippen molar-refractivity contribution in [1.82, 2.24) is 0 Å². The van der Waals surface area contributed by atoms with E-state index in [9.17, 15) is 5.11 Å². The number of rotatable bonds is 4. The molecule has 1 N–H and O–H groups in total. The Morgan fingerprint density at radius 2 is 2.06 bits per heavy atom. The molecule has 1 heterocycles. The van der Waals surface area contributed by atoms with Gasteiger partial charge in [0, 0.05) is 0 Å². The van der Waals surface area contributed by atoms with E-state index >= 15 is 0 Å². The zero-order chi connectivity index (χ0) is 11.4. The number of hydrogen-bond donors (Lipinski definition) is 1. The molecular formula is C12H16O3S. The van der Waals surface area contributed by atoms with Gasteiger partial charge < -0.3 is 14.6 Å². The largest absolute Gasteiger partial charge is 0.486 e. The van der Waals surface area contributed by atoms with Gasteiger partial charge >= 0.3 is 0 Å². The molecule has 1 aromatic rings. The summed E-state index contributed by atoms with van der Waals surface area (Å²) in [4.78, 5) is 0. The van der Waals surface area contributed by atoms with Crippen LogP contribution in [0.4, 0.5) is 0 Å². The predicted molar refractivity (Wildman–Crippen MR) is 65.4 cm³/mol. The van der Waals surface area contributed by atoms with Gasteiger partial charge in [0.1, 0.15) is 13.2 Å². The fourth-order valence-electron chi connectivity index (χ4n) is 1.66. The van der Waals surface area contributed by atoms with Crippen molar-refractivity contribution in [2.45, 2.75) is 12.5 Å². The van der Waals surface area contributed by atoms with Crippen molar-refractivity contribution >= 4 is 11.8 Å². The lowest BCUT2D eigenvalue weighted by atomic mass is 10.1. The minimum Gasteiger partial charge on any atom is -0.486 e. The second-order valence-electron chi connectivity index (χ2n) is 3.70. The molecule has 0 fully saturated rings. The third kappa shape index (κ3) is 2.62. The highest BCUT2D eigenvalue weighted by Crippen LogP contribution is 2.33. The van der Waals surface area contributed by atoms with Crippen molar-refractivity contribution in [3.8, 4) is 11.5 Å². The molecule has 0 saturated carbocycles. The molecular weight excluding hydrogens is 224 g/mol. The molecule has 88 valence electrons. The summed E-state index contributed by atoms with van der Waals surface area (Å²) in [6.07, 6.45) is 2.39. The van der Waals surface area contributed by atoms with E-state index in [4.69, 9.17) is 9.47 Å². The number of benzene rings is 1. The minimum atomic E-state index is -0.414. The van der Waals surface area contributed by atoms with Crippen LogP contribution in [0.2, 0.25) is 0 Å². The molecule has 1 aliphatic rings. The van der Waals surface area contributed by atoms with Gasteiger partial charge in [-0.2, -0.15) is 11.8 Å². The van der Waals surface area contributed by atoms with Crippen molar-refractivity contribution in [3.63, 3.8) is 0 Å². The smallest absolute Gasteiger partial charge is 0.161 e. The third-order valence-corrected chi connectivity index (χ3v) is 3.19. The third-order valence-electron chi connectivity index (χ3n) is 2.55. The molecule has 1 unspecified atom stereocenters. The fraction of sp³-hybridized carbons (Fsp3) is 0.500. The van der Waals surface area contributed by atoms with Crippen LogP contribution >= 0.6 is 11.8 Å². The van der Waals surface area contributed by atoms with E-state index in [-0.39, 0.29) is 0 Å². The maximum Gasteiger partial charge on any atom is 0.161 e. The second kappa shape index (κ2) is 5.46. The normalized spacial score (nSPS) is 15.9. The molecule has 1 atom stereocenters. The van der Waals surface area contributed by atoms with E-state index in [2.05, 4.69) is 0 Å². The van der Waals surface area contributed by atoms with E-state index in [1.165, 1.54) is 0 Å².